The van der Waals surface area contributed by atoms with E-state index in [0.717, 1.165) is 22.2 Å². The van der Waals surface area contributed by atoms with E-state index in [1.54, 1.807) is 12.3 Å². The fourth-order valence-corrected chi connectivity index (χ4v) is 3.56. The number of nitrogens with zero attached hydrogens (tertiary/aromatic N) is 2. The van der Waals surface area contributed by atoms with E-state index >= 15 is 0 Å². The molecule has 0 aliphatic carbocycles. The number of halogens is 2. The highest BCUT2D eigenvalue weighted by Crippen LogP contribution is 2.36. The largest absolute Gasteiger partial charge is 0.454 e. The Bertz CT molecular complexity index is 1190. The van der Waals surface area contributed by atoms with E-state index < -0.39 is 11.6 Å². The monoisotopic (exact) mass is 381 g/mol. The molecule has 2 aromatic carbocycles. The second-order valence-corrected chi connectivity index (χ2v) is 7.06. The van der Waals surface area contributed by atoms with Crippen LogP contribution in [0.15, 0.2) is 41.9 Å². The smallest absolute Gasteiger partial charge is 0.168 e. The molecule has 0 radical (unpaired) electrons. The number of ether oxygens (including phenoxy) is 1. The molecule has 0 bridgehead atoms. The van der Waals surface area contributed by atoms with Crippen LogP contribution >= 0.6 is 11.3 Å². The number of aromatic amines is 1. The third-order valence-corrected chi connectivity index (χ3v) is 4.99. The van der Waals surface area contributed by atoms with Crippen LogP contribution in [-0.2, 0) is 6.42 Å². The van der Waals surface area contributed by atoms with E-state index in [1.807, 2.05) is 18.4 Å². The van der Waals surface area contributed by atoms with Gasteiger partial charge in [0.25, 0.3) is 0 Å². The van der Waals surface area contributed by atoms with Crippen LogP contribution in [0.5, 0.6) is 11.5 Å². The highest BCUT2D eigenvalue weighted by molar-refractivity contribution is 7.09. The first kappa shape index (κ1) is 17.2. The molecular weight excluding hydrogens is 368 g/mol. The number of aromatic nitrogens is 2. The second-order valence-electron chi connectivity index (χ2n) is 6.00. The molecule has 0 saturated carbocycles. The Morgan fingerprint density at radius 2 is 2.07 bits per heavy atom. The van der Waals surface area contributed by atoms with E-state index in [9.17, 15) is 8.78 Å². The number of hydrogen-bond donors (Lipinski definition) is 1. The Balaban J connectivity index is 1.82. The van der Waals surface area contributed by atoms with E-state index in [-0.39, 0.29) is 17.1 Å². The van der Waals surface area contributed by atoms with Crippen molar-refractivity contribution in [2.75, 3.05) is 0 Å². The van der Waals surface area contributed by atoms with Crippen LogP contribution in [0.25, 0.3) is 10.9 Å². The average Bonchev–Trinajstić information content (AvgIpc) is 3.27. The van der Waals surface area contributed by atoms with Crippen molar-refractivity contribution >= 4 is 22.2 Å². The maximum Gasteiger partial charge on any atom is 0.168 e. The molecule has 4 nitrogen and oxygen atoms in total. The van der Waals surface area contributed by atoms with Gasteiger partial charge in [-0.3, -0.25) is 0 Å². The van der Waals surface area contributed by atoms with Crippen LogP contribution in [-0.4, -0.2) is 9.97 Å². The molecule has 0 saturated heterocycles. The minimum absolute atomic E-state index is 0.0447. The topological polar surface area (TPSA) is 61.7 Å². The molecule has 2 heterocycles. The van der Waals surface area contributed by atoms with E-state index in [2.05, 4.69) is 9.97 Å². The van der Waals surface area contributed by atoms with Crippen molar-refractivity contribution in [2.45, 2.75) is 13.3 Å². The number of aryl methyl sites for hydroxylation is 1. The summed E-state index contributed by atoms with van der Waals surface area (Å²) >= 11 is 1.52. The number of nitriles is 1. The summed E-state index contributed by atoms with van der Waals surface area (Å²) < 4.78 is 34.1. The van der Waals surface area contributed by atoms with Crippen molar-refractivity contribution in [2.24, 2.45) is 0 Å². The normalized spacial score (nSPS) is 10.9. The number of fused-ring (bicyclic) bond motifs is 1. The molecule has 0 aliphatic heterocycles. The molecule has 4 aromatic rings. The molecule has 7 heteroatoms. The summed E-state index contributed by atoms with van der Waals surface area (Å²) in [5.41, 5.74) is 1.94. The summed E-state index contributed by atoms with van der Waals surface area (Å²) in [7, 11) is 0. The van der Waals surface area contributed by atoms with Gasteiger partial charge in [0, 0.05) is 46.6 Å². The molecule has 4 rings (SSSR count). The van der Waals surface area contributed by atoms with Gasteiger partial charge in [-0.25, -0.2) is 13.8 Å². The van der Waals surface area contributed by atoms with Gasteiger partial charge in [0.2, 0.25) is 0 Å². The number of hydrogen-bond acceptors (Lipinski definition) is 4. The SMILES string of the molecule is Cc1nc(Cc2c(Oc3ccc(F)c(C#N)c3)c(F)cc3[nH]ccc23)cs1. The first-order chi connectivity index (χ1) is 13.0. The van der Waals surface area contributed by atoms with Gasteiger partial charge in [0.05, 0.1) is 16.3 Å². The van der Waals surface area contributed by atoms with Crippen LogP contribution in [0.4, 0.5) is 8.78 Å². The van der Waals surface area contributed by atoms with Crippen molar-refractivity contribution in [3.05, 3.63) is 75.4 Å². The number of rotatable bonds is 4. The second kappa shape index (κ2) is 6.82. The third-order valence-electron chi connectivity index (χ3n) is 4.17. The summed E-state index contributed by atoms with van der Waals surface area (Å²) in [5.74, 6) is -0.958. The minimum Gasteiger partial charge on any atom is -0.454 e. The molecule has 0 spiro atoms. The Labute approximate surface area is 157 Å². The van der Waals surface area contributed by atoms with Gasteiger partial charge in [-0.2, -0.15) is 5.26 Å². The number of H-pyrrole nitrogens is 1. The Kier molecular flexibility index (Phi) is 4.34. The van der Waals surface area contributed by atoms with Gasteiger partial charge >= 0.3 is 0 Å². The van der Waals surface area contributed by atoms with Crippen molar-refractivity contribution < 1.29 is 13.5 Å². The Morgan fingerprint density at radius 1 is 1.22 bits per heavy atom. The van der Waals surface area contributed by atoms with Gasteiger partial charge in [-0.1, -0.05) is 0 Å². The zero-order valence-corrected chi connectivity index (χ0v) is 15.0. The fourth-order valence-electron chi connectivity index (χ4n) is 2.95. The number of thiazole rings is 1. The minimum atomic E-state index is -0.649. The highest BCUT2D eigenvalue weighted by Gasteiger charge is 2.18. The van der Waals surface area contributed by atoms with Crippen LogP contribution in [0, 0.1) is 29.9 Å². The van der Waals surface area contributed by atoms with Gasteiger partial charge in [0.15, 0.2) is 11.6 Å². The lowest BCUT2D eigenvalue weighted by Gasteiger charge is -2.13. The lowest BCUT2D eigenvalue weighted by molar-refractivity contribution is 0.437. The van der Waals surface area contributed by atoms with Crippen LogP contribution in [0.2, 0.25) is 0 Å². The zero-order chi connectivity index (χ0) is 19.0. The highest BCUT2D eigenvalue weighted by atomic mass is 32.1. The van der Waals surface area contributed by atoms with E-state index in [4.69, 9.17) is 10.00 Å². The Morgan fingerprint density at radius 3 is 2.81 bits per heavy atom. The summed E-state index contributed by atoms with van der Waals surface area (Å²) in [6, 6.07) is 8.72. The van der Waals surface area contributed by atoms with Crippen LogP contribution in [0.1, 0.15) is 21.8 Å². The molecule has 0 atom stereocenters. The first-order valence-corrected chi connectivity index (χ1v) is 9.00. The zero-order valence-electron chi connectivity index (χ0n) is 14.2. The molecule has 0 fully saturated rings. The van der Waals surface area contributed by atoms with E-state index in [1.165, 1.54) is 29.5 Å². The lowest BCUT2D eigenvalue weighted by Crippen LogP contribution is -1.99. The Hall–Kier alpha value is -3.24. The first-order valence-electron chi connectivity index (χ1n) is 8.12. The fraction of sp³-hybridized carbons (Fsp3) is 0.100. The summed E-state index contributed by atoms with van der Waals surface area (Å²) in [4.78, 5) is 7.45. The van der Waals surface area contributed by atoms with Crippen LogP contribution in [0.3, 0.4) is 0 Å². The predicted octanol–water partition coefficient (Wildman–Crippen LogP) is 5.47. The molecule has 2 aromatic heterocycles. The number of benzene rings is 2. The standard InChI is InChI=1S/C20H13F2N3OS/c1-11-25-13(10-27-11)7-16-15-4-5-24-19(15)8-18(22)20(16)26-14-2-3-17(21)12(6-14)9-23/h2-6,8,10,24H,7H2,1H3. The molecule has 134 valence electrons. The van der Waals surface area contributed by atoms with E-state index in [0.29, 0.717) is 17.5 Å². The van der Waals surface area contributed by atoms with Crippen molar-refractivity contribution in [3.63, 3.8) is 0 Å². The average molecular weight is 381 g/mol. The van der Waals surface area contributed by atoms with Crippen LogP contribution < -0.4 is 4.74 Å². The predicted molar refractivity (Wildman–Crippen MR) is 99.1 cm³/mol. The van der Waals surface area contributed by atoms with Gasteiger partial charge in [0.1, 0.15) is 17.6 Å². The summed E-state index contributed by atoms with van der Waals surface area (Å²) in [6.45, 7) is 1.91. The van der Waals surface area contributed by atoms with Crippen molar-refractivity contribution in [1.29, 1.82) is 5.26 Å². The molecule has 1 N–H and O–H groups in total. The maximum atomic E-state index is 14.8. The third kappa shape index (κ3) is 3.27. The quantitative estimate of drug-likeness (QED) is 0.510. The van der Waals surface area contributed by atoms with Crippen molar-refractivity contribution in [3.8, 4) is 17.6 Å². The molecular formula is C20H13F2N3OS. The molecule has 0 amide bonds. The molecule has 0 aliphatic rings. The lowest BCUT2D eigenvalue weighted by atomic mass is 10.0. The van der Waals surface area contributed by atoms with Gasteiger partial charge in [-0.15, -0.1) is 11.3 Å². The summed E-state index contributed by atoms with van der Waals surface area (Å²) in [6.07, 6.45) is 2.12. The van der Waals surface area contributed by atoms with Gasteiger partial charge < -0.3 is 9.72 Å². The van der Waals surface area contributed by atoms with Crippen molar-refractivity contribution in [1.82, 2.24) is 9.97 Å². The maximum absolute atomic E-state index is 14.8. The number of nitrogens with one attached hydrogen (secondary N) is 1. The molecule has 0 unspecified atom stereocenters. The molecule has 27 heavy (non-hydrogen) atoms. The summed E-state index contributed by atoms with van der Waals surface area (Å²) in [5, 5.41) is 12.7. The van der Waals surface area contributed by atoms with Gasteiger partial charge in [-0.05, 0) is 25.1 Å².